The van der Waals surface area contributed by atoms with Crippen LogP contribution in [-0.4, -0.2) is 14.5 Å². The highest BCUT2D eigenvalue weighted by atomic mass is 35.5. The molecule has 0 bridgehead atoms. The Labute approximate surface area is 129 Å². The van der Waals surface area contributed by atoms with Crippen molar-refractivity contribution >= 4 is 22.6 Å². The van der Waals surface area contributed by atoms with Gasteiger partial charge in [-0.05, 0) is 49.6 Å². The predicted molar refractivity (Wildman–Crippen MR) is 86.7 cm³/mol. The number of alkyl halides is 1. The zero-order chi connectivity index (χ0) is 14.8. The second-order valence-electron chi connectivity index (χ2n) is 5.34. The fraction of sp³-hybridized carbons (Fsp3) is 0.294. The van der Waals surface area contributed by atoms with Gasteiger partial charge in [0, 0.05) is 18.9 Å². The van der Waals surface area contributed by atoms with Crippen molar-refractivity contribution in [3.05, 3.63) is 59.7 Å². The number of aryl methyl sites for hydroxylation is 3. The van der Waals surface area contributed by atoms with Crippen LogP contribution in [0.2, 0.25) is 0 Å². The van der Waals surface area contributed by atoms with Crippen molar-refractivity contribution in [3.8, 4) is 0 Å². The maximum absolute atomic E-state index is 6.31. The smallest absolute Gasteiger partial charge is 0.127 e. The molecule has 2 heterocycles. The number of benzene rings is 1. The summed E-state index contributed by atoms with van der Waals surface area (Å²) in [4.78, 5) is 8.87. The number of fused-ring (bicyclic) bond motifs is 1. The standard InChI is InChI=1S/C17H18ClN3/c1-12-5-6-16-15(10-12)20-17(13(2)18)21(16)9-7-14-4-3-8-19-11-14/h3-6,8,10-11,13H,7,9H2,1-2H3. The summed E-state index contributed by atoms with van der Waals surface area (Å²) in [5.41, 5.74) is 4.60. The van der Waals surface area contributed by atoms with Gasteiger partial charge < -0.3 is 4.57 Å². The number of imidazole rings is 1. The molecule has 21 heavy (non-hydrogen) atoms. The summed E-state index contributed by atoms with van der Waals surface area (Å²) in [6, 6.07) is 10.4. The van der Waals surface area contributed by atoms with Crippen LogP contribution in [-0.2, 0) is 13.0 Å². The van der Waals surface area contributed by atoms with E-state index < -0.39 is 0 Å². The highest BCUT2D eigenvalue weighted by Crippen LogP contribution is 2.25. The highest BCUT2D eigenvalue weighted by Gasteiger charge is 2.14. The molecule has 1 unspecified atom stereocenters. The molecule has 0 saturated heterocycles. The van der Waals surface area contributed by atoms with Gasteiger partial charge in [0.1, 0.15) is 5.82 Å². The lowest BCUT2D eigenvalue weighted by Crippen LogP contribution is -2.07. The van der Waals surface area contributed by atoms with Gasteiger partial charge in [-0.25, -0.2) is 4.98 Å². The van der Waals surface area contributed by atoms with Crippen LogP contribution in [0, 0.1) is 6.92 Å². The SMILES string of the molecule is Cc1ccc2c(c1)nc(C(C)Cl)n2CCc1cccnc1. The first-order valence-electron chi connectivity index (χ1n) is 7.15. The topological polar surface area (TPSA) is 30.7 Å². The van der Waals surface area contributed by atoms with E-state index in [-0.39, 0.29) is 5.38 Å². The molecule has 108 valence electrons. The van der Waals surface area contributed by atoms with Gasteiger partial charge in [0.2, 0.25) is 0 Å². The number of nitrogens with zero attached hydrogens (tertiary/aromatic N) is 3. The minimum atomic E-state index is -0.105. The number of hydrogen-bond acceptors (Lipinski definition) is 2. The molecule has 3 nitrogen and oxygen atoms in total. The molecule has 0 aliphatic heterocycles. The van der Waals surface area contributed by atoms with Gasteiger partial charge in [-0.2, -0.15) is 0 Å². The molecule has 0 saturated carbocycles. The van der Waals surface area contributed by atoms with E-state index in [0.717, 1.165) is 29.8 Å². The average molecular weight is 300 g/mol. The molecular weight excluding hydrogens is 282 g/mol. The minimum absolute atomic E-state index is 0.105. The fourth-order valence-electron chi connectivity index (χ4n) is 2.58. The van der Waals surface area contributed by atoms with Crippen molar-refractivity contribution in [2.75, 3.05) is 0 Å². The fourth-order valence-corrected chi connectivity index (χ4v) is 2.75. The van der Waals surface area contributed by atoms with Gasteiger partial charge in [0.05, 0.1) is 16.4 Å². The van der Waals surface area contributed by atoms with Gasteiger partial charge in [0.25, 0.3) is 0 Å². The molecule has 0 aliphatic rings. The monoisotopic (exact) mass is 299 g/mol. The zero-order valence-electron chi connectivity index (χ0n) is 12.3. The van der Waals surface area contributed by atoms with Crippen LogP contribution in [0.15, 0.2) is 42.7 Å². The molecule has 3 rings (SSSR count). The maximum Gasteiger partial charge on any atom is 0.127 e. The normalized spacial score (nSPS) is 12.7. The minimum Gasteiger partial charge on any atom is -0.326 e. The first-order valence-corrected chi connectivity index (χ1v) is 7.58. The van der Waals surface area contributed by atoms with Gasteiger partial charge >= 0.3 is 0 Å². The van der Waals surface area contributed by atoms with Crippen LogP contribution in [0.25, 0.3) is 11.0 Å². The summed E-state index contributed by atoms with van der Waals surface area (Å²) < 4.78 is 2.22. The molecule has 0 spiro atoms. The average Bonchev–Trinajstić information content (AvgIpc) is 2.84. The summed E-state index contributed by atoms with van der Waals surface area (Å²) in [5, 5.41) is -0.105. The van der Waals surface area contributed by atoms with Crippen LogP contribution < -0.4 is 0 Å². The van der Waals surface area contributed by atoms with Crippen LogP contribution in [0.3, 0.4) is 0 Å². The number of pyridine rings is 1. The Morgan fingerprint density at radius 2 is 2.14 bits per heavy atom. The summed E-state index contributed by atoms with van der Waals surface area (Å²) in [7, 11) is 0. The van der Waals surface area contributed by atoms with Crippen molar-refractivity contribution in [1.82, 2.24) is 14.5 Å². The van der Waals surface area contributed by atoms with E-state index in [0.29, 0.717) is 0 Å². The number of rotatable bonds is 4. The molecule has 0 N–H and O–H groups in total. The van der Waals surface area contributed by atoms with Crippen LogP contribution >= 0.6 is 11.6 Å². The summed E-state index contributed by atoms with van der Waals surface area (Å²) in [6.45, 7) is 4.91. The lowest BCUT2D eigenvalue weighted by molar-refractivity contribution is 0.667. The van der Waals surface area contributed by atoms with Crippen LogP contribution in [0.4, 0.5) is 0 Å². The molecule has 0 fully saturated rings. The molecule has 3 aromatic rings. The first-order chi connectivity index (χ1) is 10.1. The third-order valence-electron chi connectivity index (χ3n) is 3.64. The first kappa shape index (κ1) is 14.1. The van der Waals surface area contributed by atoms with Crippen molar-refractivity contribution in [1.29, 1.82) is 0 Å². The Balaban J connectivity index is 1.97. The van der Waals surface area contributed by atoms with Gasteiger partial charge in [0.15, 0.2) is 0 Å². The number of halogens is 1. The second-order valence-corrected chi connectivity index (χ2v) is 6.00. The third-order valence-corrected chi connectivity index (χ3v) is 3.83. The summed E-state index contributed by atoms with van der Waals surface area (Å²) >= 11 is 6.31. The third kappa shape index (κ3) is 2.93. The quantitative estimate of drug-likeness (QED) is 0.673. The van der Waals surface area contributed by atoms with Crippen LogP contribution in [0.5, 0.6) is 0 Å². The summed E-state index contributed by atoms with van der Waals surface area (Å²) in [5.74, 6) is 0.932. The Morgan fingerprint density at radius 1 is 1.29 bits per heavy atom. The van der Waals surface area contributed by atoms with Gasteiger partial charge in [-0.15, -0.1) is 11.6 Å². The Morgan fingerprint density at radius 3 is 2.86 bits per heavy atom. The molecule has 0 aliphatic carbocycles. The van der Waals surface area contributed by atoms with E-state index in [4.69, 9.17) is 16.6 Å². The molecule has 0 amide bonds. The Bertz CT molecular complexity index is 747. The number of aromatic nitrogens is 3. The predicted octanol–water partition coefficient (Wildman–Crippen LogP) is 4.28. The molecule has 1 atom stereocenters. The van der Waals surface area contributed by atoms with Crippen molar-refractivity contribution in [2.24, 2.45) is 0 Å². The molecular formula is C17H18ClN3. The maximum atomic E-state index is 6.31. The molecule has 0 radical (unpaired) electrons. The largest absolute Gasteiger partial charge is 0.326 e. The van der Waals surface area contributed by atoms with Crippen molar-refractivity contribution in [2.45, 2.75) is 32.2 Å². The van der Waals surface area contributed by atoms with Gasteiger partial charge in [-0.1, -0.05) is 12.1 Å². The van der Waals surface area contributed by atoms with Crippen molar-refractivity contribution in [3.63, 3.8) is 0 Å². The Kier molecular flexibility index (Phi) is 3.93. The molecule has 2 aromatic heterocycles. The van der Waals surface area contributed by atoms with Crippen LogP contribution in [0.1, 0.15) is 29.3 Å². The van der Waals surface area contributed by atoms with E-state index in [1.807, 2.05) is 19.2 Å². The zero-order valence-corrected chi connectivity index (χ0v) is 13.0. The van der Waals surface area contributed by atoms with E-state index >= 15 is 0 Å². The lowest BCUT2D eigenvalue weighted by Gasteiger charge is -2.10. The van der Waals surface area contributed by atoms with Gasteiger partial charge in [-0.3, -0.25) is 4.98 Å². The van der Waals surface area contributed by atoms with E-state index in [9.17, 15) is 0 Å². The Hall–Kier alpha value is -1.87. The molecule has 4 heteroatoms. The summed E-state index contributed by atoms with van der Waals surface area (Å²) in [6.07, 6.45) is 4.63. The number of hydrogen-bond donors (Lipinski definition) is 0. The van der Waals surface area contributed by atoms with E-state index in [1.165, 1.54) is 11.1 Å². The second kappa shape index (κ2) is 5.86. The van der Waals surface area contributed by atoms with E-state index in [2.05, 4.69) is 40.7 Å². The van der Waals surface area contributed by atoms with E-state index in [1.54, 1.807) is 6.20 Å². The molecule has 1 aromatic carbocycles. The lowest BCUT2D eigenvalue weighted by atomic mass is 10.2. The highest BCUT2D eigenvalue weighted by molar-refractivity contribution is 6.20. The van der Waals surface area contributed by atoms with Crippen molar-refractivity contribution < 1.29 is 0 Å².